The van der Waals surface area contributed by atoms with Crippen molar-refractivity contribution in [1.29, 1.82) is 0 Å². The summed E-state index contributed by atoms with van der Waals surface area (Å²) in [5.74, 6) is 3.60. The molecule has 0 bridgehead atoms. The van der Waals surface area contributed by atoms with Crippen LogP contribution in [-0.2, 0) is 19.5 Å². The number of aromatic nitrogens is 6. The van der Waals surface area contributed by atoms with Crippen LogP contribution in [0.15, 0.2) is 58.5 Å². The van der Waals surface area contributed by atoms with Gasteiger partial charge in [-0.3, -0.25) is 14.2 Å². The van der Waals surface area contributed by atoms with Gasteiger partial charge in [0.15, 0.2) is 0 Å². The molecular weight excluding hydrogens is 512 g/mol. The van der Waals surface area contributed by atoms with Gasteiger partial charge in [0.05, 0.1) is 23.9 Å². The van der Waals surface area contributed by atoms with Crippen LogP contribution in [0.2, 0.25) is 0 Å². The zero-order valence-corrected chi connectivity index (χ0v) is 24.4. The van der Waals surface area contributed by atoms with Crippen molar-refractivity contribution in [3.8, 4) is 18.0 Å². The predicted octanol–water partition coefficient (Wildman–Crippen LogP) is 4.65. The van der Waals surface area contributed by atoms with Crippen LogP contribution < -0.4 is 11.4 Å². The number of nitrogens with zero attached hydrogens (tertiary/aromatic N) is 6. The Labute approximate surface area is 239 Å². The second-order valence-corrected chi connectivity index (χ2v) is 11.2. The van der Waals surface area contributed by atoms with E-state index in [0.717, 1.165) is 61.0 Å². The highest BCUT2D eigenvalue weighted by Gasteiger charge is 2.18. The average molecular weight is 547 g/mol. The van der Waals surface area contributed by atoms with Crippen LogP contribution >= 0.6 is 0 Å². The van der Waals surface area contributed by atoms with Gasteiger partial charge < -0.3 is 0 Å². The minimum atomic E-state index is -0.637. The van der Waals surface area contributed by atoms with E-state index in [1.165, 1.54) is 6.20 Å². The molecule has 0 saturated heterocycles. The van der Waals surface area contributed by atoms with E-state index in [2.05, 4.69) is 35.8 Å². The summed E-state index contributed by atoms with van der Waals surface area (Å²) in [6, 6.07) is 9.82. The van der Waals surface area contributed by atoms with E-state index in [0.29, 0.717) is 23.9 Å². The Bertz CT molecular complexity index is 1950. The van der Waals surface area contributed by atoms with Crippen LogP contribution in [0.25, 0.3) is 16.6 Å². The van der Waals surface area contributed by atoms with Crippen molar-refractivity contribution >= 4 is 10.9 Å². The molecule has 0 amide bonds. The maximum Gasteiger partial charge on any atom is 0.358 e. The molecule has 0 N–H and O–H groups in total. The van der Waals surface area contributed by atoms with Crippen LogP contribution in [-0.4, -0.2) is 28.9 Å². The fraction of sp³-hybridized carbons (Fsp3) is 0.303. The molecule has 0 radical (unpaired) electrons. The minimum absolute atomic E-state index is 0.212. The number of pyridine rings is 1. The first-order valence-electron chi connectivity index (χ1n) is 13.7. The van der Waals surface area contributed by atoms with Crippen LogP contribution in [0, 0.1) is 46.0 Å². The molecule has 0 fully saturated rings. The number of hydrogen-bond donors (Lipinski definition) is 0. The van der Waals surface area contributed by atoms with Gasteiger partial charge in [-0.15, -0.1) is 6.42 Å². The third-order valence-electron chi connectivity index (χ3n) is 7.40. The Morgan fingerprint density at radius 3 is 2.46 bits per heavy atom. The van der Waals surface area contributed by atoms with E-state index in [4.69, 9.17) is 11.5 Å². The van der Waals surface area contributed by atoms with E-state index in [9.17, 15) is 9.59 Å². The molecule has 208 valence electrons. The number of fused-ring (bicyclic) bond motifs is 1. The lowest BCUT2D eigenvalue weighted by Gasteiger charge is -2.17. The zero-order valence-electron chi connectivity index (χ0n) is 24.4. The third-order valence-corrected chi connectivity index (χ3v) is 7.40. The van der Waals surface area contributed by atoms with E-state index in [-0.39, 0.29) is 6.54 Å². The Balaban J connectivity index is 1.66. The van der Waals surface area contributed by atoms with Crippen molar-refractivity contribution in [2.24, 2.45) is 5.92 Å². The van der Waals surface area contributed by atoms with Crippen LogP contribution in [0.1, 0.15) is 58.6 Å². The first kappa shape index (κ1) is 27.8. The van der Waals surface area contributed by atoms with Crippen LogP contribution in [0.3, 0.4) is 0 Å². The molecule has 5 aromatic rings. The molecule has 0 aliphatic rings. The molecule has 3 heterocycles. The molecule has 3 aromatic heterocycles. The van der Waals surface area contributed by atoms with Crippen molar-refractivity contribution in [1.82, 2.24) is 28.9 Å². The second-order valence-electron chi connectivity index (χ2n) is 11.2. The van der Waals surface area contributed by atoms with Crippen molar-refractivity contribution < 1.29 is 0 Å². The zero-order chi connectivity index (χ0) is 29.4. The van der Waals surface area contributed by atoms with Crippen molar-refractivity contribution in [2.45, 2.75) is 61.1 Å². The van der Waals surface area contributed by atoms with E-state index in [1.54, 1.807) is 16.8 Å². The highest BCUT2D eigenvalue weighted by atomic mass is 16.2. The fourth-order valence-corrected chi connectivity index (χ4v) is 5.17. The van der Waals surface area contributed by atoms with Gasteiger partial charge >= 0.3 is 11.4 Å². The monoisotopic (exact) mass is 546 g/mol. The molecule has 0 spiro atoms. The Morgan fingerprint density at radius 1 is 0.976 bits per heavy atom. The summed E-state index contributed by atoms with van der Waals surface area (Å²) in [6.45, 7) is 13.2. The fourth-order valence-electron chi connectivity index (χ4n) is 5.17. The number of rotatable bonds is 7. The summed E-state index contributed by atoms with van der Waals surface area (Å²) in [6.07, 6.45) is 11.3. The van der Waals surface area contributed by atoms with Gasteiger partial charge in [-0.1, -0.05) is 25.8 Å². The third kappa shape index (κ3) is 5.62. The average Bonchev–Trinajstić information content (AvgIpc) is 3.28. The quantitative estimate of drug-likeness (QED) is 0.278. The predicted molar refractivity (Wildman–Crippen MR) is 162 cm³/mol. The molecule has 0 unspecified atom stereocenters. The summed E-state index contributed by atoms with van der Waals surface area (Å²) >= 11 is 0. The molecular formula is C33H34N6O2. The highest BCUT2D eigenvalue weighted by Crippen LogP contribution is 2.22. The summed E-state index contributed by atoms with van der Waals surface area (Å²) in [7, 11) is 0. The molecule has 0 saturated carbocycles. The number of benzene rings is 2. The van der Waals surface area contributed by atoms with Gasteiger partial charge in [-0.25, -0.2) is 14.2 Å². The highest BCUT2D eigenvalue weighted by molar-refractivity contribution is 5.80. The number of hydrogen-bond acceptors (Lipinski definition) is 5. The standard InChI is InChI=1S/C33H34N6O2/c1-8-26-12-25(10-22(5)24(26)7)18-38-31(35-32(40)39(33(38)41)29-9-21(4)15-34-16-29)14-27-13-28-19-37(17-20(2)3)36-30(28)11-23(27)6/h1,9-13,15-16,19-20H,14,17-18H2,2-7H3. The Morgan fingerprint density at radius 2 is 1.76 bits per heavy atom. The molecule has 8 heteroatoms. The van der Waals surface area contributed by atoms with Gasteiger partial charge in [0.1, 0.15) is 5.82 Å². The lowest BCUT2D eigenvalue weighted by Crippen LogP contribution is -2.43. The van der Waals surface area contributed by atoms with Gasteiger partial charge in [0, 0.05) is 36.3 Å². The SMILES string of the molecule is C#Cc1cc(Cn2c(Cc3cc4cn(CC(C)C)nc4cc3C)nc(=O)n(-c3cncc(C)c3)c2=O)cc(C)c1C. The molecule has 2 aromatic carbocycles. The molecule has 41 heavy (non-hydrogen) atoms. The van der Waals surface area contributed by atoms with Crippen LogP contribution in [0.4, 0.5) is 0 Å². The number of aryl methyl sites for hydroxylation is 3. The Kier molecular flexibility index (Phi) is 7.46. The van der Waals surface area contributed by atoms with Crippen LogP contribution in [0.5, 0.6) is 0 Å². The lowest BCUT2D eigenvalue weighted by atomic mass is 9.99. The molecule has 0 aliphatic heterocycles. The maximum atomic E-state index is 14.0. The summed E-state index contributed by atoms with van der Waals surface area (Å²) < 4.78 is 4.62. The summed E-state index contributed by atoms with van der Waals surface area (Å²) in [4.78, 5) is 36.0. The normalized spacial score (nSPS) is 11.4. The van der Waals surface area contributed by atoms with E-state index in [1.807, 2.05) is 56.8 Å². The molecule has 0 atom stereocenters. The first-order chi connectivity index (χ1) is 19.5. The Hall–Kier alpha value is -4.77. The van der Waals surface area contributed by atoms with Gasteiger partial charge in [0.25, 0.3) is 0 Å². The van der Waals surface area contributed by atoms with Crippen molar-refractivity contribution in [2.75, 3.05) is 0 Å². The molecule has 0 aliphatic carbocycles. The molecule has 8 nitrogen and oxygen atoms in total. The number of terminal acetylenes is 1. The van der Waals surface area contributed by atoms with Crippen molar-refractivity contribution in [3.63, 3.8) is 0 Å². The first-order valence-corrected chi connectivity index (χ1v) is 13.7. The van der Waals surface area contributed by atoms with E-state index < -0.39 is 11.4 Å². The topological polar surface area (TPSA) is 87.6 Å². The second kappa shape index (κ2) is 11.0. The van der Waals surface area contributed by atoms with E-state index >= 15 is 0 Å². The molecule has 5 rings (SSSR count). The maximum absolute atomic E-state index is 14.0. The van der Waals surface area contributed by atoms with Gasteiger partial charge in [-0.05, 0) is 91.3 Å². The lowest BCUT2D eigenvalue weighted by molar-refractivity contribution is 0.486. The smallest absolute Gasteiger partial charge is 0.276 e. The minimum Gasteiger partial charge on any atom is -0.276 e. The summed E-state index contributed by atoms with van der Waals surface area (Å²) in [5.41, 5.74) is 6.70. The van der Waals surface area contributed by atoms with Gasteiger partial charge in [0.2, 0.25) is 0 Å². The summed E-state index contributed by atoms with van der Waals surface area (Å²) in [5, 5.41) is 5.72. The van der Waals surface area contributed by atoms with Gasteiger partial charge in [-0.2, -0.15) is 10.1 Å². The largest absolute Gasteiger partial charge is 0.358 e. The van der Waals surface area contributed by atoms with Crippen molar-refractivity contribution in [3.05, 3.63) is 115 Å².